The number of anilines is 1. The molecule has 0 radical (unpaired) electrons. The van der Waals surface area contributed by atoms with Crippen LogP contribution in [0.1, 0.15) is 5.56 Å². The summed E-state index contributed by atoms with van der Waals surface area (Å²) in [6.45, 7) is 3.64. The molecule has 0 atom stereocenters. The normalized spacial score (nSPS) is 15.2. The fourth-order valence-electron chi connectivity index (χ4n) is 3.16. The third kappa shape index (κ3) is 3.83. The van der Waals surface area contributed by atoms with Crippen LogP contribution in [-0.4, -0.2) is 48.2 Å². The van der Waals surface area contributed by atoms with Crippen LogP contribution in [0.4, 0.5) is 11.4 Å². The molecule has 1 aliphatic heterocycles. The number of phenols is 1. The quantitative estimate of drug-likeness (QED) is 0.664. The second-order valence-corrected chi connectivity index (χ2v) is 6.01. The summed E-state index contributed by atoms with van der Waals surface area (Å²) in [6.07, 6.45) is 0. The molecule has 1 heterocycles. The lowest BCUT2D eigenvalue weighted by atomic mass is 10.1. The zero-order valence-electron chi connectivity index (χ0n) is 14.1. The maximum atomic E-state index is 11.2. The lowest BCUT2D eigenvalue weighted by molar-refractivity contribution is -0.385. The van der Waals surface area contributed by atoms with E-state index in [1.54, 1.807) is 7.11 Å². The summed E-state index contributed by atoms with van der Waals surface area (Å²) in [7, 11) is 1.66. The molecule has 7 nitrogen and oxygen atoms in total. The van der Waals surface area contributed by atoms with Gasteiger partial charge in [-0.2, -0.15) is 0 Å². The number of nitrogens with zero attached hydrogens (tertiary/aromatic N) is 3. The van der Waals surface area contributed by atoms with Crippen LogP contribution in [-0.2, 0) is 6.54 Å². The maximum Gasteiger partial charge on any atom is 0.274 e. The Morgan fingerprint density at radius 3 is 2.56 bits per heavy atom. The van der Waals surface area contributed by atoms with Gasteiger partial charge in [-0.15, -0.1) is 0 Å². The van der Waals surface area contributed by atoms with Gasteiger partial charge >= 0.3 is 0 Å². The van der Waals surface area contributed by atoms with Crippen molar-refractivity contribution in [3.8, 4) is 11.5 Å². The van der Waals surface area contributed by atoms with Gasteiger partial charge in [0.1, 0.15) is 11.5 Å². The van der Waals surface area contributed by atoms with Crippen molar-refractivity contribution < 1.29 is 14.8 Å². The van der Waals surface area contributed by atoms with Crippen LogP contribution in [0.3, 0.4) is 0 Å². The molecule has 1 aliphatic rings. The van der Waals surface area contributed by atoms with Gasteiger partial charge in [0.15, 0.2) is 0 Å². The molecular weight excluding hydrogens is 322 g/mol. The predicted molar refractivity (Wildman–Crippen MR) is 95.2 cm³/mol. The molecule has 3 rings (SSSR count). The van der Waals surface area contributed by atoms with E-state index in [0.29, 0.717) is 12.1 Å². The number of para-hydroxylation sites is 2. The molecule has 2 aromatic carbocycles. The van der Waals surface area contributed by atoms with Crippen LogP contribution in [0.25, 0.3) is 0 Å². The Labute approximate surface area is 146 Å². The van der Waals surface area contributed by atoms with Gasteiger partial charge in [0, 0.05) is 44.4 Å². The Morgan fingerprint density at radius 2 is 1.88 bits per heavy atom. The number of ether oxygens (including phenoxy) is 1. The first-order valence-electron chi connectivity index (χ1n) is 8.15. The van der Waals surface area contributed by atoms with Gasteiger partial charge in [0.2, 0.25) is 0 Å². The van der Waals surface area contributed by atoms with Crippen LogP contribution in [0.15, 0.2) is 42.5 Å². The van der Waals surface area contributed by atoms with Gasteiger partial charge in [-0.1, -0.05) is 12.1 Å². The molecule has 7 heteroatoms. The lowest BCUT2D eigenvalue weighted by Crippen LogP contribution is -2.46. The second kappa shape index (κ2) is 7.40. The van der Waals surface area contributed by atoms with E-state index in [1.807, 2.05) is 24.3 Å². The van der Waals surface area contributed by atoms with Crippen LogP contribution >= 0.6 is 0 Å². The Balaban J connectivity index is 1.67. The number of rotatable bonds is 5. The zero-order chi connectivity index (χ0) is 17.8. The predicted octanol–water partition coefficient (Wildman–Crippen LogP) is 2.63. The van der Waals surface area contributed by atoms with E-state index in [0.717, 1.165) is 37.6 Å². The Morgan fingerprint density at radius 1 is 1.16 bits per heavy atom. The monoisotopic (exact) mass is 343 g/mol. The van der Waals surface area contributed by atoms with Crippen molar-refractivity contribution >= 4 is 11.4 Å². The van der Waals surface area contributed by atoms with E-state index in [-0.39, 0.29) is 11.4 Å². The number of hydrogen-bond acceptors (Lipinski definition) is 6. The van der Waals surface area contributed by atoms with Crippen molar-refractivity contribution in [2.45, 2.75) is 6.54 Å². The molecule has 1 fully saturated rings. The van der Waals surface area contributed by atoms with Gasteiger partial charge < -0.3 is 14.7 Å². The van der Waals surface area contributed by atoms with E-state index < -0.39 is 4.92 Å². The van der Waals surface area contributed by atoms with Crippen molar-refractivity contribution in [1.82, 2.24) is 4.90 Å². The van der Waals surface area contributed by atoms with Crippen LogP contribution in [0.2, 0.25) is 0 Å². The molecule has 132 valence electrons. The highest BCUT2D eigenvalue weighted by Crippen LogP contribution is 2.29. The summed E-state index contributed by atoms with van der Waals surface area (Å²) in [5.41, 5.74) is 1.65. The smallest absolute Gasteiger partial charge is 0.274 e. The lowest BCUT2D eigenvalue weighted by Gasteiger charge is -2.36. The van der Waals surface area contributed by atoms with E-state index in [2.05, 4.69) is 9.80 Å². The molecule has 0 aliphatic carbocycles. The SMILES string of the molecule is COc1ccccc1N1CCN(Cc2cc(O)ccc2[N+](=O)[O-])CC1. The molecule has 25 heavy (non-hydrogen) atoms. The van der Waals surface area contributed by atoms with Crippen LogP contribution in [0, 0.1) is 10.1 Å². The first kappa shape index (κ1) is 17.0. The van der Waals surface area contributed by atoms with Gasteiger partial charge in [-0.3, -0.25) is 15.0 Å². The molecule has 2 aromatic rings. The van der Waals surface area contributed by atoms with E-state index >= 15 is 0 Å². The van der Waals surface area contributed by atoms with Crippen LogP contribution < -0.4 is 9.64 Å². The summed E-state index contributed by atoms with van der Waals surface area (Å²) in [5, 5.41) is 20.8. The molecule has 0 bridgehead atoms. The van der Waals surface area contributed by atoms with E-state index in [9.17, 15) is 15.2 Å². The van der Waals surface area contributed by atoms with E-state index in [4.69, 9.17) is 4.74 Å². The number of nitro groups is 1. The minimum absolute atomic E-state index is 0.0463. The molecule has 0 aromatic heterocycles. The average Bonchev–Trinajstić information content (AvgIpc) is 2.62. The summed E-state index contributed by atoms with van der Waals surface area (Å²) in [6, 6.07) is 12.1. The first-order chi connectivity index (χ1) is 12.1. The highest BCUT2D eigenvalue weighted by atomic mass is 16.6. The summed E-state index contributed by atoms with van der Waals surface area (Å²) >= 11 is 0. The standard InChI is InChI=1S/C18H21N3O4/c1-25-18-5-3-2-4-17(18)20-10-8-19(9-11-20)13-14-12-15(22)6-7-16(14)21(23)24/h2-7,12,22H,8-11,13H2,1H3. The highest BCUT2D eigenvalue weighted by molar-refractivity contribution is 5.58. The Hall–Kier alpha value is -2.80. The number of hydrogen-bond donors (Lipinski definition) is 1. The van der Waals surface area contributed by atoms with Crippen molar-refractivity contribution in [3.05, 3.63) is 58.1 Å². The fraction of sp³-hybridized carbons (Fsp3) is 0.333. The van der Waals surface area contributed by atoms with Crippen molar-refractivity contribution in [1.29, 1.82) is 0 Å². The van der Waals surface area contributed by atoms with Gasteiger partial charge in [0.05, 0.1) is 17.7 Å². The Bertz CT molecular complexity index is 758. The van der Waals surface area contributed by atoms with E-state index in [1.165, 1.54) is 18.2 Å². The molecule has 1 N–H and O–H groups in total. The highest BCUT2D eigenvalue weighted by Gasteiger charge is 2.22. The third-order valence-corrected chi connectivity index (χ3v) is 4.45. The largest absolute Gasteiger partial charge is 0.508 e. The Kier molecular flexibility index (Phi) is 5.04. The maximum absolute atomic E-state index is 11.2. The van der Waals surface area contributed by atoms with Crippen molar-refractivity contribution in [3.63, 3.8) is 0 Å². The minimum Gasteiger partial charge on any atom is -0.508 e. The van der Waals surface area contributed by atoms with Crippen LogP contribution in [0.5, 0.6) is 11.5 Å². The summed E-state index contributed by atoms with van der Waals surface area (Å²) < 4.78 is 5.42. The number of benzene rings is 2. The molecule has 1 saturated heterocycles. The number of piperazine rings is 1. The number of phenolic OH excluding ortho intramolecular Hbond substituents is 1. The van der Waals surface area contributed by atoms with Gasteiger partial charge in [-0.25, -0.2) is 0 Å². The first-order valence-corrected chi connectivity index (χ1v) is 8.15. The topological polar surface area (TPSA) is 79.1 Å². The molecule has 0 saturated carbocycles. The molecule has 0 unspecified atom stereocenters. The zero-order valence-corrected chi connectivity index (χ0v) is 14.1. The molecular formula is C18H21N3O4. The fourth-order valence-corrected chi connectivity index (χ4v) is 3.16. The molecule has 0 amide bonds. The number of aromatic hydroxyl groups is 1. The second-order valence-electron chi connectivity index (χ2n) is 6.01. The summed E-state index contributed by atoms with van der Waals surface area (Å²) in [5.74, 6) is 0.896. The number of methoxy groups -OCH3 is 1. The van der Waals surface area contributed by atoms with Gasteiger partial charge in [0.25, 0.3) is 5.69 Å². The average molecular weight is 343 g/mol. The van der Waals surface area contributed by atoms with Gasteiger partial charge in [-0.05, 0) is 24.3 Å². The third-order valence-electron chi connectivity index (χ3n) is 4.45. The summed E-state index contributed by atoms with van der Waals surface area (Å²) in [4.78, 5) is 15.2. The van der Waals surface area contributed by atoms with Crippen molar-refractivity contribution in [2.75, 3.05) is 38.2 Å². The van der Waals surface area contributed by atoms with Crippen molar-refractivity contribution in [2.24, 2.45) is 0 Å². The number of nitro benzene ring substituents is 1. The molecule has 0 spiro atoms. The minimum atomic E-state index is -0.403.